The number of benzene rings is 1. The van der Waals surface area contributed by atoms with Crippen LogP contribution in [0.4, 0.5) is 5.69 Å². The van der Waals surface area contributed by atoms with Crippen LogP contribution in [0.15, 0.2) is 55.0 Å². The first-order chi connectivity index (χ1) is 19.2. The van der Waals surface area contributed by atoms with Crippen molar-refractivity contribution in [3.05, 3.63) is 60.6 Å². The molecule has 39 heavy (non-hydrogen) atoms. The summed E-state index contributed by atoms with van der Waals surface area (Å²) in [7, 11) is 2.19. The fourth-order valence-electron chi connectivity index (χ4n) is 6.23. The van der Waals surface area contributed by atoms with Gasteiger partial charge in [-0.2, -0.15) is 5.10 Å². The van der Waals surface area contributed by atoms with Gasteiger partial charge in [-0.15, -0.1) is 0 Å². The van der Waals surface area contributed by atoms with Crippen LogP contribution in [-0.4, -0.2) is 69.8 Å². The van der Waals surface area contributed by atoms with Crippen molar-refractivity contribution in [3.63, 3.8) is 0 Å². The van der Waals surface area contributed by atoms with Crippen LogP contribution >= 0.6 is 0 Å². The molecule has 8 nitrogen and oxygen atoms in total. The Hall–Kier alpha value is -3.75. The van der Waals surface area contributed by atoms with Crippen molar-refractivity contribution in [3.8, 4) is 22.6 Å². The molecule has 5 heterocycles. The molecule has 3 N–H and O–H groups in total. The van der Waals surface area contributed by atoms with Crippen molar-refractivity contribution in [1.82, 2.24) is 35.4 Å². The van der Waals surface area contributed by atoms with Gasteiger partial charge in [-0.25, -0.2) is 0 Å². The van der Waals surface area contributed by atoms with E-state index >= 15 is 0 Å². The van der Waals surface area contributed by atoms with Gasteiger partial charge < -0.3 is 20.1 Å². The summed E-state index contributed by atoms with van der Waals surface area (Å²) in [5, 5.41) is 13.8. The van der Waals surface area contributed by atoms with E-state index < -0.39 is 0 Å². The monoisotopic (exact) mass is 520 g/mol. The number of fused-ring (bicyclic) bond motifs is 2. The van der Waals surface area contributed by atoms with Crippen molar-refractivity contribution < 1.29 is 0 Å². The predicted octanol–water partition coefficient (Wildman–Crippen LogP) is 5.20. The van der Waals surface area contributed by atoms with E-state index in [9.17, 15) is 0 Å². The second-order valence-electron chi connectivity index (χ2n) is 11.3. The van der Waals surface area contributed by atoms with Crippen molar-refractivity contribution in [2.75, 3.05) is 44.7 Å². The van der Waals surface area contributed by atoms with Gasteiger partial charge in [0.05, 0.1) is 23.1 Å². The molecule has 1 saturated heterocycles. The van der Waals surface area contributed by atoms with Gasteiger partial charge in [0.1, 0.15) is 5.69 Å². The van der Waals surface area contributed by atoms with Crippen molar-refractivity contribution in [1.29, 1.82) is 0 Å². The van der Waals surface area contributed by atoms with E-state index in [4.69, 9.17) is 10.1 Å². The SMILES string of the molecule is CN1CCN(c2cccc3[nH]c(-c4n[nH]c5cnc(-c6cncc(CNCC7CCCC7)c6)cc45)cc23)CC1. The second kappa shape index (κ2) is 10.4. The molecular weight excluding hydrogens is 484 g/mol. The molecule has 0 unspecified atom stereocenters. The van der Waals surface area contributed by atoms with Gasteiger partial charge in [-0.05, 0) is 68.2 Å². The highest BCUT2D eigenvalue weighted by molar-refractivity contribution is 6.00. The van der Waals surface area contributed by atoms with Crippen molar-refractivity contribution in [2.24, 2.45) is 5.92 Å². The predicted molar refractivity (Wildman–Crippen MR) is 158 cm³/mol. The van der Waals surface area contributed by atoms with Crippen LogP contribution in [-0.2, 0) is 6.54 Å². The normalized spacial score (nSPS) is 17.1. The number of nitrogens with one attached hydrogen (secondary N) is 3. The zero-order valence-corrected chi connectivity index (χ0v) is 22.6. The average Bonchev–Trinajstić information content (AvgIpc) is 3.73. The minimum Gasteiger partial charge on any atom is -0.368 e. The van der Waals surface area contributed by atoms with Gasteiger partial charge in [0.25, 0.3) is 0 Å². The summed E-state index contributed by atoms with van der Waals surface area (Å²) in [6.45, 7) is 6.18. The van der Waals surface area contributed by atoms with Gasteiger partial charge in [0, 0.05) is 72.7 Å². The number of likely N-dealkylation sites (N-methyl/N-ethyl adjacent to an activating group) is 1. The van der Waals surface area contributed by atoms with Gasteiger partial charge >= 0.3 is 0 Å². The number of aromatic amines is 2. The number of rotatable bonds is 7. The summed E-state index contributed by atoms with van der Waals surface area (Å²) < 4.78 is 0. The lowest BCUT2D eigenvalue weighted by Crippen LogP contribution is -2.44. The maximum atomic E-state index is 4.74. The van der Waals surface area contributed by atoms with E-state index in [1.54, 1.807) is 0 Å². The fraction of sp³-hybridized carbons (Fsp3) is 0.387. The lowest BCUT2D eigenvalue weighted by molar-refractivity contribution is 0.313. The molecule has 0 spiro atoms. The number of nitrogens with zero attached hydrogens (tertiary/aromatic N) is 5. The Morgan fingerprint density at radius 1 is 0.949 bits per heavy atom. The van der Waals surface area contributed by atoms with Crippen molar-refractivity contribution >= 4 is 27.5 Å². The summed E-state index contributed by atoms with van der Waals surface area (Å²) in [6.07, 6.45) is 11.2. The summed E-state index contributed by atoms with van der Waals surface area (Å²) in [4.78, 5) is 17.8. The number of piperazine rings is 1. The molecule has 0 atom stereocenters. The Balaban J connectivity index is 1.17. The number of aromatic nitrogens is 5. The van der Waals surface area contributed by atoms with E-state index in [1.807, 2.05) is 18.6 Å². The third-order valence-corrected chi connectivity index (χ3v) is 8.51. The van der Waals surface area contributed by atoms with Crippen LogP contribution in [0, 0.1) is 5.92 Å². The zero-order chi connectivity index (χ0) is 26.2. The first-order valence-corrected chi connectivity index (χ1v) is 14.3. The summed E-state index contributed by atoms with van der Waals surface area (Å²) in [5.41, 5.74) is 8.39. The molecule has 200 valence electrons. The van der Waals surface area contributed by atoms with E-state index in [1.165, 1.54) is 42.3 Å². The van der Waals surface area contributed by atoms with Crippen LogP contribution in [0.1, 0.15) is 31.2 Å². The number of H-pyrrole nitrogens is 2. The molecule has 1 aromatic carbocycles. The Morgan fingerprint density at radius 3 is 2.69 bits per heavy atom. The molecule has 2 fully saturated rings. The summed E-state index contributed by atoms with van der Waals surface area (Å²) >= 11 is 0. The van der Waals surface area contributed by atoms with Crippen LogP contribution in [0.25, 0.3) is 44.5 Å². The summed E-state index contributed by atoms with van der Waals surface area (Å²) in [5.74, 6) is 0.826. The maximum absolute atomic E-state index is 4.74. The topological polar surface area (TPSA) is 88.8 Å². The van der Waals surface area contributed by atoms with Crippen LogP contribution in [0.5, 0.6) is 0 Å². The molecule has 7 rings (SSSR count). The molecule has 1 aliphatic carbocycles. The van der Waals surface area contributed by atoms with E-state index in [0.29, 0.717) is 0 Å². The van der Waals surface area contributed by atoms with Gasteiger partial charge in [-0.1, -0.05) is 18.9 Å². The maximum Gasteiger partial charge on any atom is 0.116 e. The zero-order valence-electron chi connectivity index (χ0n) is 22.6. The first kappa shape index (κ1) is 24.3. The highest BCUT2D eigenvalue weighted by atomic mass is 15.2. The van der Waals surface area contributed by atoms with E-state index in [-0.39, 0.29) is 0 Å². The Kier molecular flexibility index (Phi) is 6.50. The largest absolute Gasteiger partial charge is 0.368 e. The Labute approximate surface area is 228 Å². The Morgan fingerprint density at radius 2 is 1.82 bits per heavy atom. The third kappa shape index (κ3) is 4.90. The number of anilines is 1. The van der Waals surface area contributed by atoms with Crippen LogP contribution in [0.3, 0.4) is 0 Å². The summed E-state index contributed by atoms with van der Waals surface area (Å²) in [6, 6.07) is 13.1. The highest BCUT2D eigenvalue weighted by Gasteiger charge is 2.19. The number of hydrogen-bond donors (Lipinski definition) is 3. The quantitative estimate of drug-likeness (QED) is 0.273. The Bertz CT molecular complexity index is 1590. The standard InChI is InChI=1S/C31H36N8/c1-38-9-11-39(12-10-38)30-8-4-7-26-24(30)14-28(35-26)31-25-15-27(34-20-29(25)36-37-31)23-13-22(18-33-19-23)17-32-16-21-5-2-3-6-21/h4,7-8,13-15,18-21,32,35H,2-3,5-6,9-12,16-17H2,1H3,(H,36,37). The average molecular weight is 521 g/mol. The van der Waals surface area contributed by atoms with E-state index in [2.05, 4.69) is 73.6 Å². The lowest BCUT2D eigenvalue weighted by Gasteiger charge is -2.34. The molecule has 4 aromatic heterocycles. The first-order valence-electron chi connectivity index (χ1n) is 14.3. The van der Waals surface area contributed by atoms with E-state index in [0.717, 1.165) is 84.3 Å². The third-order valence-electron chi connectivity index (χ3n) is 8.51. The highest BCUT2D eigenvalue weighted by Crippen LogP contribution is 2.34. The molecule has 1 saturated carbocycles. The lowest BCUT2D eigenvalue weighted by atomic mass is 10.1. The minimum atomic E-state index is 0.826. The molecule has 0 amide bonds. The smallest absolute Gasteiger partial charge is 0.116 e. The molecule has 0 bridgehead atoms. The van der Waals surface area contributed by atoms with Crippen molar-refractivity contribution in [2.45, 2.75) is 32.2 Å². The second-order valence-corrected chi connectivity index (χ2v) is 11.3. The molecular formula is C31H36N8. The fourth-order valence-corrected chi connectivity index (χ4v) is 6.23. The van der Waals surface area contributed by atoms with Crippen LogP contribution < -0.4 is 10.2 Å². The molecule has 5 aromatic rings. The number of hydrogen-bond acceptors (Lipinski definition) is 6. The molecule has 2 aliphatic rings. The molecule has 0 radical (unpaired) electrons. The minimum absolute atomic E-state index is 0.826. The van der Waals surface area contributed by atoms with Crippen LogP contribution in [0.2, 0.25) is 0 Å². The number of pyridine rings is 2. The van der Waals surface area contributed by atoms with Gasteiger partial charge in [-0.3, -0.25) is 15.1 Å². The van der Waals surface area contributed by atoms with Gasteiger partial charge in [0.15, 0.2) is 0 Å². The van der Waals surface area contributed by atoms with Gasteiger partial charge in [0.2, 0.25) is 0 Å². The molecule has 1 aliphatic heterocycles. The molecule has 8 heteroatoms.